The largest absolute Gasteiger partial charge is 0.468 e. The summed E-state index contributed by atoms with van der Waals surface area (Å²) < 4.78 is 15.1. The van der Waals surface area contributed by atoms with E-state index in [9.17, 15) is 29.4 Å². The number of ether oxygens (including phenoxy) is 2. The van der Waals surface area contributed by atoms with Gasteiger partial charge in [0, 0.05) is 101 Å². The van der Waals surface area contributed by atoms with Crippen LogP contribution in [-0.2, 0) is 22.4 Å². The molecule has 24 heteroatoms. The number of aliphatic hydroxyl groups is 2. The van der Waals surface area contributed by atoms with Crippen molar-refractivity contribution >= 4 is 57.9 Å². The second-order valence-electron chi connectivity index (χ2n) is 18.7. The van der Waals surface area contributed by atoms with Crippen molar-refractivity contribution in [3.8, 4) is 11.8 Å². The van der Waals surface area contributed by atoms with Crippen LogP contribution in [0, 0.1) is 13.8 Å². The lowest BCUT2D eigenvalue weighted by Crippen LogP contribution is -2.49. The Morgan fingerprint density at radius 2 is 1.01 bits per heavy atom. The predicted octanol–water partition coefficient (Wildman–Crippen LogP) is -0.0436. The lowest BCUT2D eigenvalue weighted by molar-refractivity contribution is -0.120. The number of hydrogen-bond donors (Lipinski definition) is 6. The van der Waals surface area contributed by atoms with Gasteiger partial charge in [0.15, 0.2) is 22.9 Å². The quantitative estimate of drug-likeness (QED) is 0.0937. The molecule has 0 aliphatic carbocycles. The third-order valence-electron chi connectivity index (χ3n) is 12.6. The molecule has 2 fully saturated rings. The van der Waals surface area contributed by atoms with E-state index >= 15 is 0 Å². The monoisotopic (exact) mass is 960 g/mol. The van der Waals surface area contributed by atoms with Gasteiger partial charge in [0.05, 0.1) is 50.1 Å². The number of carbonyl (C=O) groups excluding carboxylic acids is 4. The summed E-state index contributed by atoms with van der Waals surface area (Å²) in [4.78, 5) is 75.4. The molecular weight excluding hydrogens is 905 g/mol. The van der Waals surface area contributed by atoms with E-state index < -0.39 is 11.2 Å². The number of primary amides is 2. The van der Waals surface area contributed by atoms with Crippen molar-refractivity contribution in [2.75, 3.05) is 99.1 Å². The first-order valence-corrected chi connectivity index (χ1v) is 22.9. The highest BCUT2D eigenvalue weighted by Gasteiger charge is 2.39. The number of hydrogen-bond acceptors (Lipinski definition) is 18. The van der Waals surface area contributed by atoms with Gasteiger partial charge in [0.2, 0.25) is 23.6 Å². The van der Waals surface area contributed by atoms with Crippen molar-refractivity contribution in [1.29, 1.82) is 0 Å². The number of piperazine rings is 2. The average molecular weight is 961 g/mol. The van der Waals surface area contributed by atoms with E-state index in [1.165, 1.54) is 12.4 Å². The molecule has 0 saturated carbocycles. The summed E-state index contributed by atoms with van der Waals surface area (Å²) in [5.74, 6) is 0.596. The summed E-state index contributed by atoms with van der Waals surface area (Å²) in [5, 5.41) is 34.1. The van der Waals surface area contributed by atoms with E-state index in [2.05, 4.69) is 30.8 Å². The van der Waals surface area contributed by atoms with E-state index in [1.807, 2.05) is 59.4 Å². The Kier molecular flexibility index (Phi) is 13.0. The van der Waals surface area contributed by atoms with Crippen LogP contribution in [0.1, 0.15) is 56.8 Å². The molecule has 10 rings (SSSR count). The van der Waals surface area contributed by atoms with Crippen LogP contribution < -0.4 is 41.4 Å². The van der Waals surface area contributed by atoms with E-state index in [-0.39, 0.29) is 49.9 Å². The normalized spacial score (nSPS) is 20.0. The van der Waals surface area contributed by atoms with Gasteiger partial charge >= 0.3 is 0 Å². The molecule has 0 spiro atoms. The van der Waals surface area contributed by atoms with Crippen LogP contribution in [-0.4, -0.2) is 173 Å². The number of aliphatic hydroxyl groups excluding tert-OH is 2. The van der Waals surface area contributed by atoms with Crippen molar-refractivity contribution in [3.63, 3.8) is 0 Å². The second-order valence-corrected chi connectivity index (χ2v) is 18.7. The van der Waals surface area contributed by atoms with Crippen molar-refractivity contribution in [2.24, 2.45) is 11.5 Å². The van der Waals surface area contributed by atoms with Crippen LogP contribution in [0.2, 0.25) is 0 Å². The molecule has 70 heavy (non-hydrogen) atoms. The number of nitrogens with zero attached hydrogens (tertiary/aromatic N) is 12. The first kappa shape index (κ1) is 47.5. The van der Waals surface area contributed by atoms with Gasteiger partial charge in [-0.15, -0.1) is 0 Å². The summed E-state index contributed by atoms with van der Waals surface area (Å²) >= 11 is 0. The van der Waals surface area contributed by atoms with Gasteiger partial charge in [-0.25, -0.2) is 19.0 Å². The number of aromatic nitrogens is 8. The molecule has 0 bridgehead atoms. The Morgan fingerprint density at radius 3 is 1.37 bits per heavy atom. The highest BCUT2D eigenvalue weighted by atomic mass is 16.5. The van der Waals surface area contributed by atoms with Crippen molar-refractivity contribution in [2.45, 2.75) is 51.7 Å². The second kappa shape index (κ2) is 19.1. The standard InChI is InChI=1S/2C23H28N8O4/c2*1-14-9-25-19-16(10-26-31(19)11-14)21(34)27-17-7-15-8-23(2,13-32)35-22(15)28-20(17)30-5-3-29(4-6-30)12-18(24)33/h2*7,9-11,32H,3-6,8,12-13H2,1-2H3,(H2,24,33)(H,27,34)/t2*23-/m10/s1. The van der Waals surface area contributed by atoms with Gasteiger partial charge in [0.1, 0.15) is 22.3 Å². The molecule has 4 amide bonds. The number of anilines is 4. The Balaban J connectivity index is 0.000000174. The molecule has 6 aromatic heterocycles. The number of carbonyl (C=O) groups is 4. The maximum atomic E-state index is 13.3. The van der Waals surface area contributed by atoms with E-state index in [0.29, 0.717) is 122 Å². The first-order chi connectivity index (χ1) is 33.5. The van der Waals surface area contributed by atoms with Crippen LogP contribution in [0.15, 0.2) is 49.3 Å². The zero-order valence-electron chi connectivity index (χ0n) is 39.4. The fourth-order valence-corrected chi connectivity index (χ4v) is 8.99. The first-order valence-electron chi connectivity index (χ1n) is 22.9. The Bertz CT molecular complexity index is 2800. The minimum atomic E-state index is -0.764. The molecule has 24 nitrogen and oxygen atoms in total. The number of amides is 4. The highest BCUT2D eigenvalue weighted by molar-refractivity contribution is 6.10. The SMILES string of the molecule is Cc1cnc2c(C(=O)Nc3cc4c(nc3N3CCN(CC(N)=O)CC3)O[C@@](C)(CO)C4)cnn2c1.Cc1cnc2c(C(=O)Nc3cc4c(nc3N3CCN(CC(N)=O)CC3)O[C@](C)(CO)C4)cnn2c1. The van der Waals surface area contributed by atoms with Gasteiger partial charge in [-0.1, -0.05) is 0 Å². The maximum absolute atomic E-state index is 13.3. The Hall–Kier alpha value is -7.54. The molecule has 10 heterocycles. The number of nitrogens with two attached hydrogens (primary N) is 2. The summed E-state index contributed by atoms with van der Waals surface area (Å²) in [5.41, 5.74) is 15.3. The summed E-state index contributed by atoms with van der Waals surface area (Å²) in [6.07, 6.45) is 10.9. The van der Waals surface area contributed by atoms with E-state index in [1.54, 1.807) is 33.8 Å². The summed E-state index contributed by atoms with van der Waals surface area (Å²) in [6, 6.07) is 3.71. The lowest BCUT2D eigenvalue weighted by Gasteiger charge is -2.35. The molecule has 4 aliphatic rings. The molecule has 0 unspecified atom stereocenters. The van der Waals surface area contributed by atoms with Gasteiger partial charge in [0.25, 0.3) is 11.8 Å². The van der Waals surface area contributed by atoms with Crippen LogP contribution in [0.3, 0.4) is 0 Å². The van der Waals surface area contributed by atoms with Crippen LogP contribution >= 0.6 is 0 Å². The molecule has 6 aromatic rings. The van der Waals surface area contributed by atoms with Gasteiger partial charge in [-0.3, -0.25) is 29.0 Å². The number of nitrogens with one attached hydrogen (secondary N) is 2. The number of rotatable bonds is 12. The van der Waals surface area contributed by atoms with Gasteiger partial charge in [-0.2, -0.15) is 20.2 Å². The van der Waals surface area contributed by atoms with Crippen molar-refractivity contribution < 1.29 is 38.9 Å². The van der Waals surface area contributed by atoms with Crippen LogP contribution in [0.4, 0.5) is 23.0 Å². The number of aryl methyl sites for hydroxylation is 2. The Labute approximate surface area is 401 Å². The molecule has 0 radical (unpaired) electrons. The van der Waals surface area contributed by atoms with Crippen LogP contribution in [0.25, 0.3) is 11.3 Å². The van der Waals surface area contributed by atoms with Gasteiger partial charge < -0.3 is 51.6 Å². The predicted molar refractivity (Wildman–Crippen MR) is 255 cm³/mol. The Morgan fingerprint density at radius 1 is 0.629 bits per heavy atom. The summed E-state index contributed by atoms with van der Waals surface area (Å²) in [6.45, 7) is 12.4. The highest BCUT2D eigenvalue weighted by Crippen LogP contribution is 2.41. The third kappa shape index (κ3) is 9.97. The molecule has 368 valence electrons. The van der Waals surface area contributed by atoms with Crippen molar-refractivity contribution in [3.05, 3.63) is 82.7 Å². The molecule has 0 aromatic carbocycles. The fourth-order valence-electron chi connectivity index (χ4n) is 8.99. The lowest BCUT2D eigenvalue weighted by atomic mass is 10.0. The molecular formula is C46H56N16O8. The van der Waals surface area contributed by atoms with Gasteiger partial charge in [-0.05, 0) is 51.0 Å². The fraction of sp³-hybridized carbons (Fsp3) is 0.435. The zero-order chi connectivity index (χ0) is 49.5. The summed E-state index contributed by atoms with van der Waals surface area (Å²) in [7, 11) is 0. The molecule has 4 aliphatic heterocycles. The smallest absolute Gasteiger partial charge is 0.261 e. The molecule has 8 N–H and O–H groups in total. The molecule has 2 atom stereocenters. The zero-order valence-corrected chi connectivity index (χ0v) is 39.4. The van der Waals surface area contributed by atoms with E-state index in [0.717, 1.165) is 22.3 Å². The maximum Gasteiger partial charge on any atom is 0.261 e. The minimum Gasteiger partial charge on any atom is -0.468 e. The molecule has 2 saturated heterocycles. The topological polar surface area (TPSA) is 302 Å². The number of pyridine rings is 2. The third-order valence-corrected chi connectivity index (χ3v) is 12.6. The average Bonchev–Trinajstić information content (AvgIpc) is 4.11. The van der Waals surface area contributed by atoms with E-state index in [4.69, 9.17) is 30.9 Å². The van der Waals surface area contributed by atoms with Crippen LogP contribution in [0.5, 0.6) is 11.8 Å². The van der Waals surface area contributed by atoms with Crippen molar-refractivity contribution in [1.82, 2.24) is 49.0 Å². The number of fused-ring (bicyclic) bond motifs is 4. The minimum absolute atomic E-state index is 0.153.